The topological polar surface area (TPSA) is 57.5 Å². The van der Waals surface area contributed by atoms with E-state index in [2.05, 4.69) is 6.58 Å². The summed E-state index contributed by atoms with van der Waals surface area (Å²) in [4.78, 5) is 11.0. The Morgan fingerprint density at radius 2 is 1.93 bits per heavy atom. The number of aliphatic hydroxyl groups is 2. The molecular formula is C11H12O3. The molecule has 0 fully saturated rings. The van der Waals surface area contributed by atoms with E-state index in [0.717, 1.165) is 6.08 Å². The van der Waals surface area contributed by atoms with Crippen molar-refractivity contribution in [1.29, 1.82) is 0 Å². The van der Waals surface area contributed by atoms with Crippen molar-refractivity contribution < 1.29 is 15.0 Å². The third-order valence-electron chi connectivity index (χ3n) is 1.88. The van der Waals surface area contributed by atoms with Gasteiger partial charge in [-0.15, -0.1) is 0 Å². The van der Waals surface area contributed by atoms with Crippen molar-refractivity contribution in [1.82, 2.24) is 0 Å². The maximum absolute atomic E-state index is 11.0. The fraction of sp³-hybridized carbons (Fsp3) is 0.182. The third kappa shape index (κ3) is 2.52. The second kappa shape index (κ2) is 4.17. The Morgan fingerprint density at radius 3 is 2.43 bits per heavy atom. The molecule has 0 aliphatic heterocycles. The van der Waals surface area contributed by atoms with E-state index >= 15 is 0 Å². The molecule has 0 spiro atoms. The number of carbonyl (C=O) groups excluding carboxylic acids is 1. The molecule has 3 heteroatoms. The Balaban J connectivity index is 2.85. The van der Waals surface area contributed by atoms with Crippen LogP contribution in [0.25, 0.3) is 0 Å². The number of hydrogen-bond donors (Lipinski definition) is 2. The summed E-state index contributed by atoms with van der Waals surface area (Å²) in [6.45, 7) is 3.27. The first-order valence-corrected chi connectivity index (χ1v) is 4.22. The number of ketones is 1. The monoisotopic (exact) mass is 192 g/mol. The summed E-state index contributed by atoms with van der Waals surface area (Å²) < 4.78 is 0. The van der Waals surface area contributed by atoms with Crippen LogP contribution in [-0.2, 0) is 10.6 Å². The van der Waals surface area contributed by atoms with E-state index in [4.69, 9.17) is 0 Å². The van der Waals surface area contributed by atoms with Crippen LogP contribution in [0.15, 0.2) is 43.0 Å². The fourth-order valence-corrected chi connectivity index (χ4v) is 1.12. The van der Waals surface area contributed by atoms with E-state index in [1.54, 1.807) is 30.3 Å². The molecule has 1 aromatic rings. The lowest BCUT2D eigenvalue weighted by molar-refractivity contribution is -0.176. The van der Waals surface area contributed by atoms with Gasteiger partial charge in [0.05, 0.1) is 6.42 Å². The second-order valence-corrected chi connectivity index (χ2v) is 3.03. The van der Waals surface area contributed by atoms with Gasteiger partial charge in [0.1, 0.15) is 0 Å². The second-order valence-electron chi connectivity index (χ2n) is 3.03. The molecule has 3 nitrogen and oxygen atoms in total. The first-order valence-electron chi connectivity index (χ1n) is 4.22. The maximum atomic E-state index is 11.0. The van der Waals surface area contributed by atoms with E-state index < -0.39 is 11.6 Å². The van der Waals surface area contributed by atoms with Crippen LogP contribution in [0.5, 0.6) is 0 Å². The van der Waals surface area contributed by atoms with Gasteiger partial charge in [-0.05, 0) is 6.08 Å². The molecule has 2 N–H and O–H groups in total. The van der Waals surface area contributed by atoms with Gasteiger partial charge in [-0.1, -0.05) is 36.9 Å². The highest BCUT2D eigenvalue weighted by atomic mass is 16.5. The van der Waals surface area contributed by atoms with Crippen LogP contribution >= 0.6 is 0 Å². The standard InChI is InChI=1S/C11H12O3/c1-2-10(12)8-11(13,14)9-6-4-3-5-7-9/h2-7,13-14H,1,8H2. The van der Waals surface area contributed by atoms with Crippen molar-refractivity contribution in [2.75, 3.05) is 0 Å². The van der Waals surface area contributed by atoms with Gasteiger partial charge in [-0.2, -0.15) is 0 Å². The SMILES string of the molecule is C=CC(=O)CC(O)(O)c1ccccc1. The van der Waals surface area contributed by atoms with Gasteiger partial charge in [0, 0.05) is 5.56 Å². The van der Waals surface area contributed by atoms with E-state index in [1.165, 1.54) is 0 Å². The molecular weight excluding hydrogens is 180 g/mol. The zero-order valence-corrected chi connectivity index (χ0v) is 7.68. The minimum atomic E-state index is -2.10. The molecule has 0 saturated heterocycles. The molecule has 14 heavy (non-hydrogen) atoms. The summed E-state index contributed by atoms with van der Waals surface area (Å²) in [6.07, 6.45) is 0.699. The van der Waals surface area contributed by atoms with Crippen molar-refractivity contribution in [3.8, 4) is 0 Å². The van der Waals surface area contributed by atoms with Crippen LogP contribution in [0.2, 0.25) is 0 Å². The molecule has 0 amide bonds. The minimum Gasteiger partial charge on any atom is -0.362 e. The van der Waals surface area contributed by atoms with Crippen LogP contribution in [0.1, 0.15) is 12.0 Å². The van der Waals surface area contributed by atoms with Gasteiger partial charge < -0.3 is 10.2 Å². The highest BCUT2D eigenvalue weighted by Crippen LogP contribution is 2.21. The predicted molar refractivity (Wildman–Crippen MR) is 52.4 cm³/mol. The highest BCUT2D eigenvalue weighted by molar-refractivity contribution is 5.89. The van der Waals surface area contributed by atoms with Gasteiger partial charge in [0.15, 0.2) is 11.6 Å². The Kier molecular flexibility index (Phi) is 3.17. The Labute approximate surface area is 82.3 Å². The van der Waals surface area contributed by atoms with Crippen molar-refractivity contribution in [2.45, 2.75) is 12.2 Å². The Bertz CT molecular complexity index is 328. The van der Waals surface area contributed by atoms with Crippen molar-refractivity contribution in [3.63, 3.8) is 0 Å². The highest BCUT2D eigenvalue weighted by Gasteiger charge is 2.27. The molecule has 0 saturated carbocycles. The summed E-state index contributed by atoms with van der Waals surface area (Å²) in [5.74, 6) is -2.51. The molecule has 1 aromatic carbocycles. The molecule has 0 heterocycles. The first-order chi connectivity index (χ1) is 6.56. The molecule has 0 aliphatic rings. The number of carbonyl (C=O) groups is 1. The summed E-state index contributed by atoms with van der Waals surface area (Å²) >= 11 is 0. The van der Waals surface area contributed by atoms with E-state index in [0.29, 0.717) is 5.56 Å². The summed E-state index contributed by atoms with van der Waals surface area (Å²) in [5.41, 5.74) is 0.301. The van der Waals surface area contributed by atoms with Crippen LogP contribution in [-0.4, -0.2) is 16.0 Å². The predicted octanol–water partition coefficient (Wildman–Crippen LogP) is 0.969. The van der Waals surface area contributed by atoms with Gasteiger partial charge >= 0.3 is 0 Å². The molecule has 0 aliphatic carbocycles. The zero-order valence-electron chi connectivity index (χ0n) is 7.68. The summed E-state index contributed by atoms with van der Waals surface area (Å²) in [5, 5.41) is 19.1. The molecule has 0 bridgehead atoms. The van der Waals surface area contributed by atoms with Crippen molar-refractivity contribution in [3.05, 3.63) is 48.6 Å². The van der Waals surface area contributed by atoms with Crippen molar-refractivity contribution in [2.24, 2.45) is 0 Å². The molecule has 74 valence electrons. The summed E-state index contributed by atoms with van der Waals surface area (Å²) in [7, 11) is 0. The first kappa shape index (κ1) is 10.6. The van der Waals surface area contributed by atoms with Crippen LogP contribution < -0.4 is 0 Å². The van der Waals surface area contributed by atoms with Gasteiger partial charge in [-0.25, -0.2) is 0 Å². The smallest absolute Gasteiger partial charge is 0.197 e. The van der Waals surface area contributed by atoms with Gasteiger partial charge in [0.25, 0.3) is 0 Å². The molecule has 0 atom stereocenters. The average Bonchev–Trinajstić information content (AvgIpc) is 2.18. The number of hydrogen-bond acceptors (Lipinski definition) is 3. The zero-order chi connectivity index (χ0) is 10.6. The Hall–Kier alpha value is -1.45. The van der Waals surface area contributed by atoms with Crippen LogP contribution in [0, 0.1) is 0 Å². The molecule has 0 aromatic heterocycles. The van der Waals surface area contributed by atoms with E-state index in [1.807, 2.05) is 0 Å². The minimum absolute atomic E-state index is 0.301. The lowest BCUT2D eigenvalue weighted by Gasteiger charge is -2.20. The average molecular weight is 192 g/mol. The molecule has 0 unspecified atom stereocenters. The lowest BCUT2D eigenvalue weighted by Crippen LogP contribution is -2.27. The van der Waals surface area contributed by atoms with Gasteiger partial charge in [-0.3, -0.25) is 4.79 Å². The fourth-order valence-electron chi connectivity index (χ4n) is 1.12. The number of allylic oxidation sites excluding steroid dienone is 1. The largest absolute Gasteiger partial charge is 0.362 e. The number of benzene rings is 1. The molecule has 0 radical (unpaired) electrons. The van der Waals surface area contributed by atoms with E-state index in [9.17, 15) is 15.0 Å². The molecule has 1 rings (SSSR count). The van der Waals surface area contributed by atoms with Crippen LogP contribution in [0.4, 0.5) is 0 Å². The third-order valence-corrected chi connectivity index (χ3v) is 1.88. The summed E-state index contributed by atoms with van der Waals surface area (Å²) in [6, 6.07) is 8.21. The maximum Gasteiger partial charge on any atom is 0.197 e. The van der Waals surface area contributed by atoms with Crippen LogP contribution in [0.3, 0.4) is 0 Å². The van der Waals surface area contributed by atoms with Gasteiger partial charge in [0.2, 0.25) is 0 Å². The number of rotatable bonds is 4. The normalized spacial score (nSPS) is 11.0. The van der Waals surface area contributed by atoms with E-state index in [-0.39, 0.29) is 6.42 Å². The van der Waals surface area contributed by atoms with Crippen molar-refractivity contribution >= 4 is 5.78 Å². The lowest BCUT2D eigenvalue weighted by atomic mass is 10.0. The quantitative estimate of drug-likeness (QED) is 0.552. The Morgan fingerprint density at radius 1 is 1.36 bits per heavy atom.